The predicted molar refractivity (Wildman–Crippen MR) is 66.9 cm³/mol. The minimum absolute atomic E-state index is 0.173. The van der Waals surface area contributed by atoms with Crippen molar-refractivity contribution in [3.8, 4) is 0 Å². The third-order valence-corrected chi connectivity index (χ3v) is 2.32. The first kappa shape index (κ1) is 13.9. The molecule has 0 aromatic carbocycles. The third kappa shape index (κ3) is 5.10. The van der Waals surface area contributed by atoms with Gasteiger partial charge in [-0.1, -0.05) is 13.8 Å². The van der Waals surface area contributed by atoms with Gasteiger partial charge in [-0.15, -0.1) is 0 Å². The van der Waals surface area contributed by atoms with Crippen LogP contribution in [0.3, 0.4) is 0 Å². The molecule has 0 fully saturated rings. The van der Waals surface area contributed by atoms with Gasteiger partial charge in [0.05, 0.1) is 18.8 Å². The Morgan fingerprint density at radius 2 is 2.18 bits per heavy atom. The molecule has 96 valence electrons. The van der Waals surface area contributed by atoms with Crippen LogP contribution < -0.4 is 10.9 Å². The lowest BCUT2D eigenvalue weighted by Gasteiger charge is -2.13. The highest BCUT2D eigenvalue weighted by Crippen LogP contribution is 1.91. The van der Waals surface area contributed by atoms with Crippen LogP contribution in [0.4, 0.5) is 0 Å². The molecule has 1 unspecified atom stereocenters. The Morgan fingerprint density at radius 1 is 1.47 bits per heavy atom. The van der Waals surface area contributed by atoms with E-state index in [1.54, 1.807) is 6.20 Å². The first-order valence-corrected chi connectivity index (χ1v) is 5.91. The van der Waals surface area contributed by atoms with Gasteiger partial charge >= 0.3 is 0 Å². The van der Waals surface area contributed by atoms with E-state index in [2.05, 4.69) is 24.3 Å². The van der Waals surface area contributed by atoms with Crippen molar-refractivity contribution in [2.75, 3.05) is 13.1 Å². The Morgan fingerprint density at radius 3 is 2.76 bits per heavy atom. The summed E-state index contributed by atoms with van der Waals surface area (Å²) in [5.41, 5.74) is 0.659. The number of aliphatic hydroxyl groups is 1. The van der Waals surface area contributed by atoms with Gasteiger partial charge in [0.1, 0.15) is 0 Å². The molecule has 1 heterocycles. The van der Waals surface area contributed by atoms with E-state index in [0.29, 0.717) is 12.5 Å². The number of aryl methyl sites for hydroxylation is 1. The SMILES string of the molecule is Cc1cnn(CC(O)CNCC(C)C)c(=O)c1. The summed E-state index contributed by atoms with van der Waals surface area (Å²) in [5.74, 6) is 0.544. The van der Waals surface area contributed by atoms with Crippen LogP contribution in [-0.4, -0.2) is 34.1 Å². The van der Waals surface area contributed by atoms with E-state index < -0.39 is 6.10 Å². The molecule has 1 aromatic rings. The smallest absolute Gasteiger partial charge is 0.267 e. The van der Waals surface area contributed by atoms with Gasteiger partial charge in [-0.3, -0.25) is 4.79 Å². The molecule has 0 saturated carbocycles. The number of nitrogens with one attached hydrogen (secondary N) is 1. The lowest BCUT2D eigenvalue weighted by atomic mass is 10.2. The fourth-order valence-electron chi connectivity index (χ4n) is 1.46. The maximum Gasteiger partial charge on any atom is 0.267 e. The standard InChI is InChI=1S/C12H21N3O2/c1-9(2)5-13-7-11(16)8-15-12(17)4-10(3)6-14-15/h4,6,9,11,13,16H,5,7-8H2,1-3H3. The molecular weight excluding hydrogens is 218 g/mol. The van der Waals surface area contributed by atoms with Crippen molar-refractivity contribution in [2.45, 2.75) is 33.4 Å². The molecule has 2 N–H and O–H groups in total. The summed E-state index contributed by atoms with van der Waals surface area (Å²) in [6.45, 7) is 7.58. The van der Waals surface area contributed by atoms with Gasteiger partial charge in [-0.2, -0.15) is 5.10 Å². The van der Waals surface area contributed by atoms with Crippen molar-refractivity contribution in [2.24, 2.45) is 5.92 Å². The second-order valence-electron chi connectivity index (χ2n) is 4.76. The van der Waals surface area contributed by atoms with E-state index in [1.165, 1.54) is 10.7 Å². The number of aromatic nitrogens is 2. The fourth-order valence-corrected chi connectivity index (χ4v) is 1.46. The first-order chi connectivity index (χ1) is 7.99. The number of nitrogens with zero attached hydrogens (tertiary/aromatic N) is 2. The van der Waals surface area contributed by atoms with Crippen molar-refractivity contribution in [3.05, 3.63) is 28.2 Å². The second kappa shape index (κ2) is 6.51. The van der Waals surface area contributed by atoms with Gasteiger partial charge < -0.3 is 10.4 Å². The molecule has 5 nitrogen and oxygen atoms in total. The van der Waals surface area contributed by atoms with Crippen molar-refractivity contribution in [1.29, 1.82) is 0 Å². The molecule has 0 saturated heterocycles. The number of hydrogen-bond acceptors (Lipinski definition) is 4. The van der Waals surface area contributed by atoms with Crippen LogP contribution in [0.25, 0.3) is 0 Å². The summed E-state index contributed by atoms with van der Waals surface area (Å²) in [5, 5.41) is 16.9. The van der Waals surface area contributed by atoms with Gasteiger partial charge in [0, 0.05) is 12.6 Å². The van der Waals surface area contributed by atoms with Gasteiger partial charge in [0.25, 0.3) is 5.56 Å². The lowest BCUT2D eigenvalue weighted by Crippen LogP contribution is -2.36. The number of rotatable bonds is 6. The third-order valence-electron chi connectivity index (χ3n) is 2.32. The van der Waals surface area contributed by atoms with Crippen molar-refractivity contribution in [3.63, 3.8) is 0 Å². The molecule has 0 aliphatic heterocycles. The molecule has 0 radical (unpaired) electrons. The van der Waals surface area contributed by atoms with Crippen LogP contribution in [0.15, 0.2) is 17.1 Å². The fraction of sp³-hybridized carbons (Fsp3) is 0.667. The minimum Gasteiger partial charge on any atom is -0.390 e. The first-order valence-electron chi connectivity index (χ1n) is 5.91. The highest BCUT2D eigenvalue weighted by Gasteiger charge is 2.07. The summed E-state index contributed by atoms with van der Waals surface area (Å²) >= 11 is 0. The zero-order valence-corrected chi connectivity index (χ0v) is 10.7. The van der Waals surface area contributed by atoms with Crippen molar-refractivity contribution >= 4 is 0 Å². The van der Waals surface area contributed by atoms with E-state index >= 15 is 0 Å². The average molecular weight is 239 g/mol. The number of hydrogen-bond donors (Lipinski definition) is 2. The molecule has 1 rings (SSSR count). The Hall–Kier alpha value is -1.20. The summed E-state index contributed by atoms with van der Waals surface area (Å²) in [6, 6.07) is 1.52. The zero-order valence-electron chi connectivity index (χ0n) is 10.7. The van der Waals surface area contributed by atoms with E-state index in [9.17, 15) is 9.90 Å². The van der Waals surface area contributed by atoms with Gasteiger partial charge in [0.2, 0.25) is 0 Å². The zero-order chi connectivity index (χ0) is 12.8. The molecule has 0 bridgehead atoms. The molecule has 0 amide bonds. The molecule has 0 aliphatic carbocycles. The molecule has 1 aromatic heterocycles. The largest absolute Gasteiger partial charge is 0.390 e. The van der Waals surface area contributed by atoms with Crippen LogP contribution >= 0.6 is 0 Å². The van der Waals surface area contributed by atoms with E-state index in [-0.39, 0.29) is 12.1 Å². The summed E-state index contributed by atoms with van der Waals surface area (Å²) in [7, 11) is 0. The highest BCUT2D eigenvalue weighted by atomic mass is 16.3. The second-order valence-corrected chi connectivity index (χ2v) is 4.76. The molecular formula is C12H21N3O2. The Balaban J connectivity index is 2.45. The van der Waals surface area contributed by atoms with Gasteiger partial charge in [0.15, 0.2) is 0 Å². The van der Waals surface area contributed by atoms with Crippen LogP contribution in [0.1, 0.15) is 19.4 Å². The highest BCUT2D eigenvalue weighted by molar-refractivity contribution is 5.02. The Kier molecular flexibility index (Phi) is 5.31. The predicted octanol–water partition coefficient (Wildman–Crippen LogP) is 0.158. The normalized spacial score (nSPS) is 13.0. The van der Waals surface area contributed by atoms with Gasteiger partial charge in [-0.25, -0.2) is 4.68 Å². The van der Waals surface area contributed by atoms with Crippen molar-refractivity contribution < 1.29 is 5.11 Å². The van der Waals surface area contributed by atoms with Crippen LogP contribution in [0.5, 0.6) is 0 Å². The maximum absolute atomic E-state index is 11.5. The maximum atomic E-state index is 11.5. The molecule has 17 heavy (non-hydrogen) atoms. The van der Waals surface area contributed by atoms with Crippen LogP contribution in [0, 0.1) is 12.8 Å². The monoisotopic (exact) mass is 239 g/mol. The summed E-state index contributed by atoms with van der Waals surface area (Å²) < 4.78 is 1.29. The Labute approximate surface area is 101 Å². The Bertz CT molecular complexity index is 401. The molecule has 0 spiro atoms. The van der Waals surface area contributed by atoms with Gasteiger partial charge in [-0.05, 0) is 24.9 Å². The molecule has 5 heteroatoms. The summed E-state index contributed by atoms with van der Waals surface area (Å²) in [4.78, 5) is 11.5. The summed E-state index contributed by atoms with van der Waals surface area (Å²) in [6.07, 6.45) is 1.03. The minimum atomic E-state index is -0.596. The quantitative estimate of drug-likeness (QED) is 0.742. The van der Waals surface area contributed by atoms with Crippen molar-refractivity contribution in [1.82, 2.24) is 15.1 Å². The number of aliphatic hydroxyl groups excluding tert-OH is 1. The van der Waals surface area contributed by atoms with E-state index in [1.807, 2.05) is 6.92 Å². The van der Waals surface area contributed by atoms with Crippen LogP contribution in [-0.2, 0) is 6.54 Å². The average Bonchev–Trinajstić information content (AvgIpc) is 2.21. The van der Waals surface area contributed by atoms with E-state index in [4.69, 9.17) is 0 Å². The lowest BCUT2D eigenvalue weighted by molar-refractivity contribution is 0.144. The van der Waals surface area contributed by atoms with E-state index in [0.717, 1.165) is 12.1 Å². The van der Waals surface area contributed by atoms with Crippen LogP contribution in [0.2, 0.25) is 0 Å². The molecule has 1 atom stereocenters. The molecule has 0 aliphatic rings. The topological polar surface area (TPSA) is 67.2 Å².